The molecule has 0 aromatic carbocycles. The zero-order chi connectivity index (χ0) is 12.9. The van der Waals surface area contributed by atoms with Crippen molar-refractivity contribution < 1.29 is 8.42 Å². The molecule has 17 heavy (non-hydrogen) atoms. The molecule has 5 heteroatoms. The summed E-state index contributed by atoms with van der Waals surface area (Å²) in [6, 6.07) is 2.11. The topological polar surface area (TPSA) is 52.0 Å². The molecule has 0 aliphatic rings. The molecular weight excluding hydrogens is 236 g/mol. The minimum absolute atomic E-state index is 0.229. The van der Waals surface area contributed by atoms with Gasteiger partial charge in [0.05, 0.1) is 11.4 Å². The van der Waals surface area contributed by atoms with Crippen LogP contribution in [0.25, 0.3) is 0 Å². The Labute approximate surface area is 104 Å². The van der Waals surface area contributed by atoms with Gasteiger partial charge >= 0.3 is 0 Å². The normalized spacial score (nSPS) is 11.9. The average Bonchev–Trinajstić information content (AvgIpc) is 2.71. The number of aromatic nitrogens is 2. The SMILES string of the molecule is CCc1cc(CC)n(CCCS(=O)(=O)CC)n1. The van der Waals surface area contributed by atoms with Crippen molar-refractivity contribution in [2.24, 2.45) is 0 Å². The van der Waals surface area contributed by atoms with Crippen LogP contribution >= 0.6 is 0 Å². The Morgan fingerprint density at radius 3 is 2.47 bits per heavy atom. The molecule has 1 rings (SSSR count). The molecule has 1 aromatic rings. The molecule has 0 saturated heterocycles. The fourth-order valence-corrected chi connectivity index (χ4v) is 2.60. The number of nitrogens with zero attached hydrogens (tertiary/aromatic N) is 2. The first-order valence-electron chi connectivity index (χ1n) is 6.28. The number of rotatable bonds is 7. The predicted octanol–water partition coefficient (Wildman–Crippen LogP) is 1.83. The quantitative estimate of drug-likeness (QED) is 0.750. The third-order valence-corrected chi connectivity index (χ3v) is 4.69. The van der Waals surface area contributed by atoms with E-state index in [4.69, 9.17) is 0 Å². The molecule has 0 aliphatic heterocycles. The Morgan fingerprint density at radius 2 is 1.94 bits per heavy atom. The maximum absolute atomic E-state index is 11.4. The van der Waals surface area contributed by atoms with Crippen molar-refractivity contribution in [2.45, 2.75) is 46.6 Å². The second-order valence-corrected chi connectivity index (χ2v) is 6.62. The van der Waals surface area contributed by atoms with Gasteiger partial charge in [0.1, 0.15) is 9.84 Å². The lowest BCUT2D eigenvalue weighted by atomic mass is 10.2. The molecule has 4 nitrogen and oxygen atoms in total. The summed E-state index contributed by atoms with van der Waals surface area (Å²) in [5, 5.41) is 4.47. The van der Waals surface area contributed by atoms with E-state index >= 15 is 0 Å². The van der Waals surface area contributed by atoms with Crippen molar-refractivity contribution >= 4 is 9.84 Å². The summed E-state index contributed by atoms with van der Waals surface area (Å²) in [7, 11) is -2.85. The van der Waals surface area contributed by atoms with Crippen molar-refractivity contribution in [1.29, 1.82) is 0 Å². The van der Waals surface area contributed by atoms with Gasteiger partial charge in [0.15, 0.2) is 0 Å². The Balaban J connectivity index is 2.60. The van der Waals surface area contributed by atoms with Gasteiger partial charge in [-0.3, -0.25) is 4.68 Å². The lowest BCUT2D eigenvalue weighted by Crippen LogP contribution is -2.13. The van der Waals surface area contributed by atoms with E-state index < -0.39 is 9.84 Å². The van der Waals surface area contributed by atoms with E-state index in [9.17, 15) is 8.42 Å². The van der Waals surface area contributed by atoms with Gasteiger partial charge in [-0.05, 0) is 25.3 Å². The molecule has 0 amide bonds. The van der Waals surface area contributed by atoms with Gasteiger partial charge in [0.2, 0.25) is 0 Å². The Hall–Kier alpha value is -0.840. The molecule has 1 heterocycles. The maximum Gasteiger partial charge on any atom is 0.150 e. The Kier molecular flexibility index (Phi) is 5.18. The van der Waals surface area contributed by atoms with Crippen molar-refractivity contribution in [3.05, 3.63) is 17.5 Å². The predicted molar refractivity (Wildman–Crippen MR) is 69.9 cm³/mol. The van der Waals surface area contributed by atoms with Crippen molar-refractivity contribution in [3.63, 3.8) is 0 Å². The van der Waals surface area contributed by atoms with E-state index in [-0.39, 0.29) is 11.5 Å². The van der Waals surface area contributed by atoms with E-state index in [0.717, 1.165) is 18.5 Å². The fraction of sp³-hybridized carbons (Fsp3) is 0.750. The molecule has 0 unspecified atom stereocenters. The minimum atomic E-state index is -2.85. The van der Waals surface area contributed by atoms with Gasteiger partial charge in [0.25, 0.3) is 0 Å². The van der Waals surface area contributed by atoms with Gasteiger partial charge in [0, 0.05) is 18.0 Å². The van der Waals surface area contributed by atoms with Crippen LogP contribution in [0.2, 0.25) is 0 Å². The zero-order valence-electron chi connectivity index (χ0n) is 10.9. The molecule has 1 aromatic heterocycles. The highest BCUT2D eigenvalue weighted by atomic mass is 32.2. The molecule has 0 fully saturated rings. The van der Waals surface area contributed by atoms with E-state index in [1.807, 2.05) is 4.68 Å². The Morgan fingerprint density at radius 1 is 1.24 bits per heavy atom. The van der Waals surface area contributed by atoms with Crippen LogP contribution < -0.4 is 0 Å². The van der Waals surface area contributed by atoms with Gasteiger partial charge in [-0.2, -0.15) is 5.10 Å². The molecule has 98 valence electrons. The number of aryl methyl sites for hydroxylation is 3. The van der Waals surface area contributed by atoms with E-state index in [1.165, 1.54) is 5.69 Å². The standard InChI is InChI=1S/C12H22N2O2S/c1-4-11-10-12(5-2)14(13-11)8-7-9-17(15,16)6-3/h10H,4-9H2,1-3H3. The van der Waals surface area contributed by atoms with E-state index in [2.05, 4.69) is 25.0 Å². The highest BCUT2D eigenvalue weighted by molar-refractivity contribution is 7.91. The van der Waals surface area contributed by atoms with Crippen LogP contribution in [0.3, 0.4) is 0 Å². The van der Waals surface area contributed by atoms with Crippen LogP contribution in [0.5, 0.6) is 0 Å². The summed E-state index contributed by atoms with van der Waals surface area (Å²) in [4.78, 5) is 0. The minimum Gasteiger partial charge on any atom is -0.269 e. The van der Waals surface area contributed by atoms with Crippen LogP contribution in [0.4, 0.5) is 0 Å². The molecule has 0 atom stereocenters. The average molecular weight is 258 g/mol. The first-order chi connectivity index (χ1) is 8.02. The van der Waals surface area contributed by atoms with Crippen molar-refractivity contribution in [2.75, 3.05) is 11.5 Å². The second-order valence-electron chi connectivity index (χ2n) is 4.15. The smallest absolute Gasteiger partial charge is 0.150 e. The number of hydrogen-bond donors (Lipinski definition) is 0. The summed E-state index contributed by atoms with van der Waals surface area (Å²) in [5.74, 6) is 0.487. The Bertz CT molecular complexity index is 449. The molecule has 0 radical (unpaired) electrons. The zero-order valence-corrected chi connectivity index (χ0v) is 11.8. The molecular formula is C12H22N2O2S. The lowest BCUT2D eigenvalue weighted by Gasteiger charge is -2.05. The monoisotopic (exact) mass is 258 g/mol. The number of sulfone groups is 1. The van der Waals surface area contributed by atoms with Crippen molar-refractivity contribution in [1.82, 2.24) is 9.78 Å². The summed E-state index contributed by atoms with van der Waals surface area (Å²) in [6.07, 6.45) is 2.51. The molecule has 0 N–H and O–H groups in total. The summed E-state index contributed by atoms with van der Waals surface area (Å²) < 4.78 is 24.7. The van der Waals surface area contributed by atoms with Crippen LogP contribution in [0, 0.1) is 0 Å². The van der Waals surface area contributed by atoms with Crippen LogP contribution in [-0.2, 0) is 29.2 Å². The molecule has 0 aliphatic carbocycles. The number of hydrogen-bond acceptors (Lipinski definition) is 3. The van der Waals surface area contributed by atoms with E-state index in [0.29, 0.717) is 13.0 Å². The second kappa shape index (κ2) is 6.19. The summed E-state index contributed by atoms with van der Waals surface area (Å²) in [6.45, 7) is 6.56. The first kappa shape index (κ1) is 14.2. The van der Waals surface area contributed by atoms with Crippen LogP contribution in [-0.4, -0.2) is 29.7 Å². The molecule has 0 spiro atoms. The molecule has 0 bridgehead atoms. The molecule has 0 saturated carbocycles. The third-order valence-electron chi connectivity index (χ3n) is 2.90. The highest BCUT2D eigenvalue weighted by Gasteiger charge is 2.09. The van der Waals surface area contributed by atoms with Crippen LogP contribution in [0.15, 0.2) is 6.07 Å². The van der Waals surface area contributed by atoms with Crippen molar-refractivity contribution in [3.8, 4) is 0 Å². The first-order valence-corrected chi connectivity index (χ1v) is 8.10. The fourth-order valence-electron chi connectivity index (χ4n) is 1.74. The van der Waals surface area contributed by atoms with Crippen LogP contribution in [0.1, 0.15) is 38.6 Å². The van der Waals surface area contributed by atoms with E-state index in [1.54, 1.807) is 6.92 Å². The van der Waals surface area contributed by atoms with Gasteiger partial charge in [-0.25, -0.2) is 8.42 Å². The van der Waals surface area contributed by atoms with Gasteiger partial charge in [-0.1, -0.05) is 20.8 Å². The highest BCUT2D eigenvalue weighted by Crippen LogP contribution is 2.07. The van der Waals surface area contributed by atoms with Gasteiger partial charge < -0.3 is 0 Å². The summed E-state index contributed by atoms with van der Waals surface area (Å²) >= 11 is 0. The summed E-state index contributed by atoms with van der Waals surface area (Å²) in [5.41, 5.74) is 2.27. The third kappa shape index (κ3) is 4.15. The largest absolute Gasteiger partial charge is 0.269 e. The maximum atomic E-state index is 11.4. The van der Waals surface area contributed by atoms with Gasteiger partial charge in [-0.15, -0.1) is 0 Å². The lowest BCUT2D eigenvalue weighted by molar-refractivity contribution is 0.557.